The van der Waals surface area contributed by atoms with Crippen LogP contribution in [-0.4, -0.2) is 288 Å². The summed E-state index contributed by atoms with van der Waals surface area (Å²) in [5, 5.41) is 57.9. The van der Waals surface area contributed by atoms with Gasteiger partial charge in [0.05, 0.1) is 66.1 Å². The second-order valence-electron chi connectivity index (χ2n) is 29.3. The van der Waals surface area contributed by atoms with Crippen LogP contribution in [0.3, 0.4) is 0 Å². The van der Waals surface area contributed by atoms with Gasteiger partial charge in [0.25, 0.3) is 0 Å². The molecule has 1 saturated carbocycles. The molecule has 0 radical (unpaired) electrons. The Labute approximate surface area is 711 Å². The minimum Gasteiger partial charge on any atom is -0.478 e. The van der Waals surface area contributed by atoms with Crippen molar-refractivity contribution in [3.63, 3.8) is 0 Å². The Balaban J connectivity index is -0.00000151. The zero-order valence-electron chi connectivity index (χ0n) is 73.5. The minimum atomic E-state index is -1.64. The van der Waals surface area contributed by atoms with E-state index in [4.69, 9.17) is 71.1 Å². The highest BCUT2D eigenvalue weighted by Crippen LogP contribution is 2.31. The summed E-state index contributed by atoms with van der Waals surface area (Å²) in [6.07, 6.45) is -2.47. The van der Waals surface area contributed by atoms with Gasteiger partial charge in [-0.15, -0.1) is 0 Å². The Hall–Kier alpha value is -10.6. The lowest BCUT2D eigenvalue weighted by molar-refractivity contribution is -0.174. The number of aromatic carboxylic acids is 2. The third-order valence-corrected chi connectivity index (χ3v) is 17.3. The van der Waals surface area contributed by atoms with Crippen LogP contribution in [0.2, 0.25) is 0 Å². The van der Waals surface area contributed by atoms with E-state index in [1.165, 1.54) is 35.0 Å². The summed E-state index contributed by atoms with van der Waals surface area (Å²) in [6, 6.07) is 1.49. The van der Waals surface area contributed by atoms with Gasteiger partial charge in [-0.25, -0.2) is 38.4 Å². The Morgan fingerprint density at radius 2 is 0.852 bits per heavy atom. The molecule has 0 heterocycles. The number of carbonyl (C=O) groups excluding carboxylic acids is 14. The average Bonchev–Trinajstić information content (AvgIpc) is 0.789. The van der Waals surface area contributed by atoms with Crippen LogP contribution in [-0.2, 0) is 129 Å². The van der Waals surface area contributed by atoms with Gasteiger partial charge in [-0.3, -0.25) is 38.4 Å². The van der Waals surface area contributed by atoms with Crippen LogP contribution in [0.4, 0.5) is 0 Å². The molecule has 1 aromatic rings. The second-order valence-corrected chi connectivity index (χ2v) is 29.3. The molecule has 690 valence electrons. The zero-order valence-corrected chi connectivity index (χ0v) is 73.5. The molecule has 1 aliphatic carbocycles. The molecular formula is C84H127NO37. The van der Waals surface area contributed by atoms with Crippen molar-refractivity contribution in [1.29, 1.82) is 0 Å². The van der Waals surface area contributed by atoms with E-state index in [-0.39, 0.29) is 138 Å². The molecule has 1 fully saturated rings. The van der Waals surface area contributed by atoms with Crippen LogP contribution < -0.4 is 0 Å². The Morgan fingerprint density at radius 1 is 0.451 bits per heavy atom. The van der Waals surface area contributed by atoms with Crippen molar-refractivity contribution >= 4 is 95.3 Å². The predicted molar refractivity (Wildman–Crippen MR) is 433 cm³/mol. The third-order valence-electron chi connectivity index (χ3n) is 17.3. The molecule has 38 nitrogen and oxygen atoms in total. The first-order valence-corrected chi connectivity index (χ1v) is 38.7. The minimum absolute atomic E-state index is 0.0239. The topological polar surface area (TPSA) is 536 Å². The summed E-state index contributed by atoms with van der Waals surface area (Å²) in [4.78, 5) is 188. The number of carboxylic acid groups (broad SMARTS) is 2. The van der Waals surface area contributed by atoms with Gasteiger partial charge < -0.3 is 107 Å². The van der Waals surface area contributed by atoms with Crippen LogP contribution in [0.25, 0.3) is 0 Å². The summed E-state index contributed by atoms with van der Waals surface area (Å²) in [5.74, 6) is -11.7. The van der Waals surface area contributed by atoms with Crippen molar-refractivity contribution in [2.24, 2.45) is 16.2 Å². The van der Waals surface area contributed by atoms with Gasteiger partial charge in [0, 0.05) is 81.2 Å². The van der Waals surface area contributed by atoms with Crippen molar-refractivity contribution in [1.82, 2.24) is 4.90 Å². The highest BCUT2D eigenvalue weighted by atomic mass is 16.6. The predicted octanol–water partition coefficient (Wildman–Crippen LogP) is 6.61. The number of hydrogen-bond donors (Lipinski definition) is 6. The van der Waals surface area contributed by atoms with Crippen molar-refractivity contribution in [2.45, 2.75) is 210 Å². The van der Waals surface area contributed by atoms with Gasteiger partial charge in [0.2, 0.25) is 5.91 Å². The van der Waals surface area contributed by atoms with E-state index < -0.39 is 166 Å². The fourth-order valence-corrected chi connectivity index (χ4v) is 8.80. The summed E-state index contributed by atoms with van der Waals surface area (Å²) in [6.45, 7) is 38.0. The number of aliphatic hydroxyl groups excluding tert-OH is 4. The zero-order chi connectivity index (χ0) is 94.5. The van der Waals surface area contributed by atoms with E-state index in [1.807, 2.05) is 34.6 Å². The van der Waals surface area contributed by atoms with Crippen molar-refractivity contribution in [3.8, 4) is 0 Å². The summed E-state index contributed by atoms with van der Waals surface area (Å²) >= 11 is 0. The molecule has 1 aromatic carbocycles. The number of esters is 12. The third kappa shape index (κ3) is 48.1. The Kier molecular flexibility index (Phi) is 57.5. The summed E-state index contributed by atoms with van der Waals surface area (Å²) in [7, 11) is 6.06. The normalized spacial score (nSPS) is 14.6. The molecule has 0 bridgehead atoms. The number of amides is 1. The number of carboxylic acids is 2. The lowest BCUT2D eigenvalue weighted by atomic mass is 9.87. The molecule has 1 aliphatic rings. The molecule has 8 unspecified atom stereocenters. The first-order chi connectivity index (χ1) is 56.7. The van der Waals surface area contributed by atoms with E-state index in [0.29, 0.717) is 56.0 Å². The van der Waals surface area contributed by atoms with Gasteiger partial charge in [-0.05, 0) is 120 Å². The average molecular weight is 1740 g/mol. The molecule has 8 atom stereocenters. The molecule has 0 saturated heterocycles. The van der Waals surface area contributed by atoms with Crippen molar-refractivity contribution in [2.75, 3.05) is 114 Å². The SMILES string of the molecule is C=C(C)C(=O)OC1CCC(OC(=O)C(C)(C)CC)C(O)C1.C=C(C)C(=O)OCC(COC)OC.C=C(C)C(=O)OCC(O)COC(=O)C(CC)(COC)COC(=O)c1cc(C(C)=O)c(C(=O)O)cc1C(=O)O.C=C(C)C(=O)OCC(O)COC(=O)CCC(=O)N(C)CCC.C=C(C)C(=O)OCC(O)COC(=O)CCC(=O)OCCOC(=O)C(C)(C)CC. The molecule has 1 amide bonds. The second kappa shape index (κ2) is 60.8. The molecule has 0 aromatic heterocycles. The number of rotatable bonds is 49. The Bertz CT molecular complexity index is 3700. The van der Waals surface area contributed by atoms with E-state index in [1.54, 1.807) is 53.7 Å². The molecular weight excluding hydrogens is 1610 g/mol. The van der Waals surface area contributed by atoms with Crippen molar-refractivity contribution < 1.29 is 178 Å². The van der Waals surface area contributed by atoms with E-state index >= 15 is 0 Å². The Morgan fingerprint density at radius 3 is 1.25 bits per heavy atom. The number of hydrogen-bond acceptors (Lipinski definition) is 35. The van der Waals surface area contributed by atoms with Crippen LogP contribution >= 0.6 is 0 Å². The number of methoxy groups -OCH3 is 3. The lowest BCUT2D eigenvalue weighted by Gasteiger charge is -2.34. The number of Topliss-reactive ketones (excluding diaryl/α,β-unsaturated/α-hetero) is 1. The highest BCUT2D eigenvalue weighted by molar-refractivity contribution is 6.11. The largest absolute Gasteiger partial charge is 0.478 e. The number of ketones is 1. The molecule has 38 heteroatoms. The van der Waals surface area contributed by atoms with E-state index in [9.17, 15) is 107 Å². The van der Waals surface area contributed by atoms with Gasteiger partial charge in [-0.1, -0.05) is 60.6 Å². The molecule has 0 aliphatic heterocycles. The highest BCUT2D eigenvalue weighted by Gasteiger charge is 2.42. The van der Waals surface area contributed by atoms with Gasteiger partial charge >= 0.3 is 83.6 Å². The molecule has 122 heavy (non-hydrogen) atoms. The standard InChI is InChI=1S/C25H30O13.C19H30O9.C16H26O5.C15H25NO6.C9H16O4/c1-6-25(11-35-5,24(34)37-10-15(27)9-36-22(32)13(2)3)12-38-23(33)19-7-16(14(4)26)17(20(28)29)8-18(19)21(30)31;1-6-19(4,5)18(24)26-10-9-25-15(21)7-8-16(22)27-11-14(20)12-28-17(23)13(2)3;1-6-16(4,5)15(19)21-13-8-7-11(9-12(13)17)20-14(18)10(2)3;1-5-8-16(4)13(18)6-7-14(19)21-9-12(17)10-22-15(20)11(2)3;1-7(2)9(10)13-6-8(12-4)5-11-3/h7-8,15,27H,2,6,9-12H2,1,3-5H3,(H,28,29)(H,30,31);14,20H,2,6-12H2,1,3-5H3;11-13,17H,2,6-9H2,1,3-5H3;12,17H,2,5-10H2,1,3-4H3;8H,1,5-6H2,2-4H3. The first-order valence-electron chi connectivity index (χ1n) is 38.7. The van der Waals surface area contributed by atoms with Gasteiger partial charge in [0.15, 0.2) is 5.78 Å². The fourth-order valence-electron chi connectivity index (χ4n) is 8.80. The molecule has 6 N–H and O–H groups in total. The lowest BCUT2D eigenvalue weighted by Crippen LogP contribution is -2.43. The fraction of sp³-hybridized carbons (Fsp3) is 0.619. The molecule has 2 rings (SSSR count). The maximum absolute atomic E-state index is 12.9. The number of benzene rings is 1. The monoisotopic (exact) mass is 1740 g/mol. The van der Waals surface area contributed by atoms with Gasteiger partial charge in [-0.2, -0.15) is 0 Å². The van der Waals surface area contributed by atoms with Crippen LogP contribution in [0.5, 0.6) is 0 Å². The van der Waals surface area contributed by atoms with Gasteiger partial charge in [0.1, 0.15) is 108 Å². The van der Waals surface area contributed by atoms with Crippen LogP contribution in [0.1, 0.15) is 209 Å². The summed E-state index contributed by atoms with van der Waals surface area (Å²) < 4.78 is 74.4. The number of aliphatic hydroxyl groups is 4. The number of carbonyl (C=O) groups is 16. The maximum Gasteiger partial charge on any atom is 0.339 e. The maximum atomic E-state index is 12.9. The summed E-state index contributed by atoms with van der Waals surface area (Å²) in [5.41, 5.74) is -3.82. The first kappa shape index (κ1) is 116. The molecule has 0 spiro atoms. The van der Waals surface area contributed by atoms with Crippen LogP contribution in [0.15, 0.2) is 72.9 Å². The number of ether oxygens (including phenoxy) is 15. The van der Waals surface area contributed by atoms with E-state index in [2.05, 4.69) is 32.9 Å². The van der Waals surface area contributed by atoms with Crippen molar-refractivity contribution in [3.05, 3.63) is 95.1 Å². The van der Waals surface area contributed by atoms with E-state index in [0.717, 1.165) is 19.4 Å². The quantitative estimate of drug-likeness (QED) is 0.0131. The smallest absolute Gasteiger partial charge is 0.339 e. The number of nitrogens with zero attached hydrogens (tertiary/aromatic N) is 1. The van der Waals surface area contributed by atoms with Crippen LogP contribution in [0, 0.1) is 16.2 Å².